The fraction of sp³-hybridized carbons (Fsp3) is 0.400. The number of azide groups is 1. The molecule has 0 heterocycles. The van der Waals surface area contributed by atoms with Crippen LogP contribution in [0, 0.1) is 0 Å². The van der Waals surface area contributed by atoms with E-state index in [-0.39, 0.29) is 6.54 Å². The topological polar surface area (TPSA) is 67.2 Å². The molecule has 0 radical (unpaired) electrons. The zero-order chi connectivity index (χ0) is 11.1. The van der Waals surface area contributed by atoms with Gasteiger partial charge in [-0.05, 0) is 5.53 Å². The summed E-state index contributed by atoms with van der Waals surface area (Å²) in [6.07, 6.45) is 0. The lowest BCUT2D eigenvalue weighted by Crippen LogP contribution is -2.33. The molecule has 5 heteroatoms. The highest BCUT2D eigenvalue weighted by molar-refractivity contribution is 5.20. The van der Waals surface area contributed by atoms with Gasteiger partial charge in [0.15, 0.2) is 5.79 Å². The van der Waals surface area contributed by atoms with E-state index in [4.69, 9.17) is 15.0 Å². The Labute approximate surface area is 88.3 Å². The Hall–Kier alpha value is -1.55. The Morgan fingerprint density at radius 1 is 1.27 bits per heavy atom. The molecule has 0 spiro atoms. The number of methoxy groups -OCH3 is 2. The molecular formula is C10H13N3O2. The Balaban J connectivity index is 3.04. The van der Waals surface area contributed by atoms with Gasteiger partial charge in [0.2, 0.25) is 0 Å². The Bertz CT molecular complexity index is 343. The van der Waals surface area contributed by atoms with Crippen molar-refractivity contribution in [3.05, 3.63) is 46.3 Å². The highest BCUT2D eigenvalue weighted by atomic mass is 16.7. The van der Waals surface area contributed by atoms with Gasteiger partial charge in [-0.3, -0.25) is 0 Å². The lowest BCUT2D eigenvalue weighted by molar-refractivity contribution is -0.207. The van der Waals surface area contributed by atoms with Crippen LogP contribution in [0.4, 0.5) is 0 Å². The molecule has 0 amide bonds. The second kappa shape index (κ2) is 5.36. The molecule has 0 atom stereocenters. The molecular weight excluding hydrogens is 194 g/mol. The van der Waals surface area contributed by atoms with Crippen molar-refractivity contribution in [1.82, 2.24) is 0 Å². The average Bonchev–Trinajstić information content (AvgIpc) is 2.33. The SMILES string of the molecule is COC(CN=[N+]=[N-])(OC)c1ccccc1. The number of hydrogen-bond donors (Lipinski definition) is 0. The van der Waals surface area contributed by atoms with E-state index in [1.807, 2.05) is 30.3 Å². The van der Waals surface area contributed by atoms with Crippen LogP contribution >= 0.6 is 0 Å². The van der Waals surface area contributed by atoms with E-state index in [0.29, 0.717) is 0 Å². The maximum Gasteiger partial charge on any atom is 0.199 e. The minimum Gasteiger partial charge on any atom is -0.349 e. The Kier molecular flexibility index (Phi) is 4.12. The maximum absolute atomic E-state index is 8.31. The van der Waals surface area contributed by atoms with Crippen LogP contribution in [0.5, 0.6) is 0 Å². The van der Waals surface area contributed by atoms with Crippen LogP contribution in [-0.4, -0.2) is 20.8 Å². The monoisotopic (exact) mass is 207 g/mol. The molecule has 1 aromatic rings. The normalized spacial score (nSPS) is 10.8. The van der Waals surface area contributed by atoms with Crippen molar-refractivity contribution in [2.75, 3.05) is 20.8 Å². The number of rotatable bonds is 5. The highest BCUT2D eigenvalue weighted by Crippen LogP contribution is 2.26. The largest absolute Gasteiger partial charge is 0.349 e. The van der Waals surface area contributed by atoms with Gasteiger partial charge in [-0.15, -0.1) is 0 Å². The van der Waals surface area contributed by atoms with Gasteiger partial charge in [0.1, 0.15) is 0 Å². The van der Waals surface area contributed by atoms with E-state index < -0.39 is 5.79 Å². The third kappa shape index (κ3) is 2.47. The van der Waals surface area contributed by atoms with Gasteiger partial charge in [0.25, 0.3) is 0 Å². The van der Waals surface area contributed by atoms with Crippen molar-refractivity contribution >= 4 is 0 Å². The summed E-state index contributed by atoms with van der Waals surface area (Å²) in [5.41, 5.74) is 9.14. The summed E-state index contributed by atoms with van der Waals surface area (Å²) in [6, 6.07) is 9.36. The van der Waals surface area contributed by atoms with Crippen molar-refractivity contribution in [3.8, 4) is 0 Å². The van der Waals surface area contributed by atoms with Crippen LogP contribution in [0.1, 0.15) is 5.56 Å². The lowest BCUT2D eigenvalue weighted by atomic mass is 10.1. The quantitative estimate of drug-likeness (QED) is 0.322. The molecule has 0 bridgehead atoms. The molecule has 0 aliphatic rings. The summed E-state index contributed by atoms with van der Waals surface area (Å²) in [7, 11) is 3.03. The maximum atomic E-state index is 8.31. The molecule has 1 aromatic carbocycles. The van der Waals surface area contributed by atoms with Gasteiger partial charge in [0.05, 0.1) is 6.54 Å². The molecule has 0 N–H and O–H groups in total. The minimum absolute atomic E-state index is 0.0977. The van der Waals surface area contributed by atoms with Gasteiger partial charge in [0, 0.05) is 24.7 Å². The lowest BCUT2D eigenvalue weighted by Gasteiger charge is -2.29. The zero-order valence-electron chi connectivity index (χ0n) is 8.75. The number of benzene rings is 1. The third-order valence-electron chi connectivity index (χ3n) is 2.22. The van der Waals surface area contributed by atoms with Gasteiger partial charge < -0.3 is 9.47 Å². The number of nitrogens with zero attached hydrogens (tertiary/aromatic N) is 3. The van der Waals surface area contributed by atoms with Crippen LogP contribution in [0.3, 0.4) is 0 Å². The van der Waals surface area contributed by atoms with Crippen molar-refractivity contribution < 1.29 is 9.47 Å². The number of ether oxygens (including phenoxy) is 2. The molecule has 1 rings (SSSR count). The summed E-state index contributed by atoms with van der Waals surface area (Å²) in [5.74, 6) is -0.993. The smallest absolute Gasteiger partial charge is 0.199 e. The standard InChI is InChI=1S/C10H13N3O2/c1-14-10(15-2,8-12-13-11)9-6-4-3-5-7-9/h3-7H,8H2,1-2H3. The summed E-state index contributed by atoms with van der Waals surface area (Å²) in [4.78, 5) is 2.71. The molecule has 80 valence electrons. The van der Waals surface area contributed by atoms with E-state index in [1.165, 1.54) is 14.2 Å². The molecule has 15 heavy (non-hydrogen) atoms. The zero-order valence-corrected chi connectivity index (χ0v) is 8.75. The molecule has 0 aliphatic carbocycles. The predicted octanol–water partition coefficient (Wildman–Crippen LogP) is 2.44. The molecule has 0 aliphatic heterocycles. The molecule has 0 saturated heterocycles. The first-order chi connectivity index (χ1) is 7.29. The van der Waals surface area contributed by atoms with E-state index in [9.17, 15) is 0 Å². The molecule has 0 aromatic heterocycles. The van der Waals surface area contributed by atoms with Gasteiger partial charge in [-0.2, -0.15) is 0 Å². The van der Waals surface area contributed by atoms with Crippen LogP contribution in [0.15, 0.2) is 35.4 Å². The predicted molar refractivity (Wildman–Crippen MR) is 56.2 cm³/mol. The first-order valence-corrected chi connectivity index (χ1v) is 4.46. The number of hydrogen-bond acceptors (Lipinski definition) is 3. The highest BCUT2D eigenvalue weighted by Gasteiger charge is 2.30. The van der Waals surface area contributed by atoms with Gasteiger partial charge >= 0.3 is 0 Å². The Morgan fingerprint density at radius 2 is 1.87 bits per heavy atom. The summed E-state index contributed by atoms with van der Waals surface area (Å²) in [6.45, 7) is 0.0977. The van der Waals surface area contributed by atoms with Crippen LogP contribution in [0.25, 0.3) is 10.4 Å². The summed E-state index contributed by atoms with van der Waals surface area (Å²) >= 11 is 0. The van der Waals surface area contributed by atoms with Crippen LogP contribution in [0.2, 0.25) is 0 Å². The second-order valence-electron chi connectivity index (χ2n) is 2.92. The van der Waals surface area contributed by atoms with Gasteiger partial charge in [-0.1, -0.05) is 35.4 Å². The summed E-state index contributed by atoms with van der Waals surface area (Å²) < 4.78 is 10.6. The first-order valence-electron chi connectivity index (χ1n) is 4.46. The second-order valence-corrected chi connectivity index (χ2v) is 2.92. The molecule has 0 unspecified atom stereocenters. The van der Waals surface area contributed by atoms with E-state index in [1.54, 1.807) is 0 Å². The third-order valence-corrected chi connectivity index (χ3v) is 2.22. The van der Waals surface area contributed by atoms with Crippen molar-refractivity contribution in [2.24, 2.45) is 5.11 Å². The van der Waals surface area contributed by atoms with Crippen LogP contribution < -0.4 is 0 Å². The summed E-state index contributed by atoms with van der Waals surface area (Å²) in [5, 5.41) is 3.49. The minimum atomic E-state index is -0.993. The molecule has 0 fully saturated rings. The van der Waals surface area contributed by atoms with Crippen LogP contribution in [-0.2, 0) is 15.3 Å². The molecule has 0 saturated carbocycles. The van der Waals surface area contributed by atoms with E-state index in [2.05, 4.69) is 10.0 Å². The Morgan fingerprint density at radius 3 is 2.33 bits per heavy atom. The average molecular weight is 207 g/mol. The van der Waals surface area contributed by atoms with Crippen molar-refractivity contribution in [3.63, 3.8) is 0 Å². The van der Waals surface area contributed by atoms with Gasteiger partial charge in [-0.25, -0.2) is 0 Å². The van der Waals surface area contributed by atoms with Crippen molar-refractivity contribution in [2.45, 2.75) is 5.79 Å². The first kappa shape index (κ1) is 11.5. The van der Waals surface area contributed by atoms with Crippen molar-refractivity contribution in [1.29, 1.82) is 0 Å². The van der Waals surface area contributed by atoms with E-state index >= 15 is 0 Å². The van der Waals surface area contributed by atoms with E-state index in [0.717, 1.165) is 5.56 Å². The molecule has 5 nitrogen and oxygen atoms in total. The fourth-order valence-corrected chi connectivity index (χ4v) is 1.36. The fourth-order valence-electron chi connectivity index (χ4n) is 1.36.